The van der Waals surface area contributed by atoms with E-state index in [9.17, 15) is 0 Å². The lowest BCUT2D eigenvalue weighted by Crippen LogP contribution is -2.23. The average Bonchev–Trinajstić information content (AvgIpc) is 2.76. The third-order valence-electron chi connectivity index (χ3n) is 4.26. The first-order valence-electron chi connectivity index (χ1n) is 6.80. The molecule has 1 aliphatic carbocycles. The van der Waals surface area contributed by atoms with Crippen LogP contribution in [0.1, 0.15) is 42.9 Å². The molecule has 1 N–H and O–H groups in total. The lowest BCUT2D eigenvalue weighted by Gasteiger charge is -2.30. The highest BCUT2D eigenvalue weighted by atomic mass is 16.5. The average molecular weight is 231 g/mol. The summed E-state index contributed by atoms with van der Waals surface area (Å²) < 4.78 is 5.81. The van der Waals surface area contributed by atoms with E-state index >= 15 is 0 Å². The molecule has 1 aromatic carbocycles. The van der Waals surface area contributed by atoms with E-state index < -0.39 is 0 Å². The Labute approximate surface area is 103 Å². The van der Waals surface area contributed by atoms with Crippen LogP contribution in [0.25, 0.3) is 0 Å². The Morgan fingerprint density at radius 2 is 2.29 bits per heavy atom. The Morgan fingerprint density at radius 3 is 3.00 bits per heavy atom. The highest BCUT2D eigenvalue weighted by molar-refractivity contribution is 5.45. The van der Waals surface area contributed by atoms with Crippen molar-refractivity contribution in [1.82, 2.24) is 5.32 Å². The molecule has 2 aliphatic rings. The third kappa shape index (κ3) is 2.06. The summed E-state index contributed by atoms with van der Waals surface area (Å²) in [6, 6.07) is 7.06. The fourth-order valence-electron chi connectivity index (χ4n) is 2.98. The third-order valence-corrected chi connectivity index (χ3v) is 4.26. The Hall–Kier alpha value is -1.02. The van der Waals surface area contributed by atoms with Gasteiger partial charge in [0, 0.05) is 18.0 Å². The number of rotatable bonds is 4. The monoisotopic (exact) mass is 231 g/mol. The second kappa shape index (κ2) is 4.69. The maximum Gasteiger partial charge on any atom is 0.127 e. The van der Waals surface area contributed by atoms with Crippen LogP contribution in [0.15, 0.2) is 18.2 Å². The van der Waals surface area contributed by atoms with Crippen molar-refractivity contribution in [3.8, 4) is 5.75 Å². The molecule has 2 heteroatoms. The van der Waals surface area contributed by atoms with Crippen molar-refractivity contribution in [2.24, 2.45) is 5.92 Å². The molecule has 0 spiro atoms. The van der Waals surface area contributed by atoms with Gasteiger partial charge in [-0.2, -0.15) is 0 Å². The molecule has 1 atom stereocenters. The predicted molar refractivity (Wildman–Crippen MR) is 69.4 cm³/mol. The van der Waals surface area contributed by atoms with Gasteiger partial charge in [0.05, 0.1) is 6.61 Å². The Bertz CT molecular complexity index is 398. The van der Waals surface area contributed by atoms with E-state index in [1.807, 2.05) is 0 Å². The predicted octanol–water partition coefficient (Wildman–Crippen LogP) is 3.07. The van der Waals surface area contributed by atoms with Crippen LogP contribution < -0.4 is 10.1 Å². The van der Waals surface area contributed by atoms with Gasteiger partial charge in [0.2, 0.25) is 0 Å². The van der Waals surface area contributed by atoms with Crippen LogP contribution in [-0.2, 0) is 6.42 Å². The fraction of sp³-hybridized carbons (Fsp3) is 0.600. The molecular formula is C15H21NO. The van der Waals surface area contributed by atoms with Crippen molar-refractivity contribution in [2.45, 2.75) is 38.1 Å². The highest BCUT2D eigenvalue weighted by Crippen LogP contribution is 2.39. The van der Waals surface area contributed by atoms with Crippen molar-refractivity contribution < 1.29 is 4.74 Å². The molecule has 1 heterocycles. The van der Waals surface area contributed by atoms with Crippen LogP contribution in [0.4, 0.5) is 0 Å². The van der Waals surface area contributed by atoms with E-state index in [2.05, 4.69) is 30.6 Å². The minimum Gasteiger partial charge on any atom is -0.493 e. The molecule has 0 aromatic heterocycles. The Balaban J connectivity index is 1.82. The Morgan fingerprint density at radius 1 is 1.41 bits per heavy atom. The number of hydrogen-bond donors (Lipinski definition) is 1. The normalized spacial score (nSPS) is 20.5. The molecule has 1 aliphatic heterocycles. The zero-order valence-corrected chi connectivity index (χ0v) is 10.5. The first-order chi connectivity index (χ1) is 8.38. The van der Waals surface area contributed by atoms with Gasteiger partial charge in [-0.05, 0) is 24.9 Å². The minimum atomic E-state index is 0.466. The number of nitrogens with one attached hydrogen (secondary N) is 1. The maximum absolute atomic E-state index is 5.81. The largest absolute Gasteiger partial charge is 0.493 e. The quantitative estimate of drug-likeness (QED) is 0.860. The van der Waals surface area contributed by atoms with Crippen LogP contribution in [0.2, 0.25) is 0 Å². The highest BCUT2D eigenvalue weighted by Gasteiger charge is 2.26. The van der Waals surface area contributed by atoms with Gasteiger partial charge in [0.15, 0.2) is 0 Å². The van der Waals surface area contributed by atoms with E-state index in [0.29, 0.717) is 6.04 Å². The lowest BCUT2D eigenvalue weighted by molar-refractivity contribution is 0.262. The fourth-order valence-corrected chi connectivity index (χ4v) is 2.98. The van der Waals surface area contributed by atoms with Gasteiger partial charge in [-0.25, -0.2) is 0 Å². The summed E-state index contributed by atoms with van der Waals surface area (Å²) in [4.78, 5) is 0. The van der Waals surface area contributed by atoms with Gasteiger partial charge in [-0.15, -0.1) is 0 Å². The molecule has 3 rings (SSSR count). The van der Waals surface area contributed by atoms with E-state index in [1.54, 1.807) is 0 Å². The van der Waals surface area contributed by atoms with Crippen LogP contribution in [0, 0.1) is 5.92 Å². The molecule has 1 aromatic rings. The van der Waals surface area contributed by atoms with Crippen molar-refractivity contribution in [2.75, 3.05) is 13.7 Å². The van der Waals surface area contributed by atoms with E-state index in [1.165, 1.54) is 36.8 Å². The number of ether oxygens (including phenoxy) is 1. The van der Waals surface area contributed by atoms with Gasteiger partial charge in [-0.3, -0.25) is 0 Å². The number of benzene rings is 1. The smallest absolute Gasteiger partial charge is 0.127 e. The SMILES string of the molecule is CNC(CC1CCC1)c1cccc2c1OCC2. The number of para-hydroxylation sites is 1. The van der Waals surface area contributed by atoms with Crippen LogP contribution >= 0.6 is 0 Å². The van der Waals surface area contributed by atoms with Crippen molar-refractivity contribution in [1.29, 1.82) is 0 Å². The molecule has 0 saturated heterocycles. The summed E-state index contributed by atoms with van der Waals surface area (Å²) in [7, 11) is 2.07. The van der Waals surface area contributed by atoms with E-state index in [-0.39, 0.29) is 0 Å². The number of fused-ring (bicyclic) bond motifs is 1. The number of hydrogen-bond acceptors (Lipinski definition) is 2. The van der Waals surface area contributed by atoms with Crippen molar-refractivity contribution in [3.05, 3.63) is 29.3 Å². The molecule has 1 saturated carbocycles. The summed E-state index contributed by atoms with van der Waals surface area (Å²) in [5, 5.41) is 3.47. The van der Waals surface area contributed by atoms with Crippen LogP contribution in [0.5, 0.6) is 5.75 Å². The van der Waals surface area contributed by atoms with Gasteiger partial charge >= 0.3 is 0 Å². The second-order valence-corrected chi connectivity index (χ2v) is 5.31. The maximum atomic E-state index is 5.81. The molecular weight excluding hydrogens is 210 g/mol. The minimum absolute atomic E-state index is 0.466. The molecule has 17 heavy (non-hydrogen) atoms. The summed E-state index contributed by atoms with van der Waals surface area (Å²) in [5.74, 6) is 2.08. The van der Waals surface area contributed by atoms with E-state index in [0.717, 1.165) is 24.7 Å². The first kappa shape index (κ1) is 11.1. The van der Waals surface area contributed by atoms with E-state index in [4.69, 9.17) is 4.74 Å². The van der Waals surface area contributed by atoms with Crippen LogP contribution in [-0.4, -0.2) is 13.7 Å². The van der Waals surface area contributed by atoms with Crippen LogP contribution in [0.3, 0.4) is 0 Å². The lowest BCUT2D eigenvalue weighted by atomic mass is 9.79. The summed E-state index contributed by atoms with van der Waals surface area (Å²) in [5.41, 5.74) is 2.76. The molecule has 0 radical (unpaired) electrons. The van der Waals surface area contributed by atoms with Crippen molar-refractivity contribution >= 4 is 0 Å². The zero-order chi connectivity index (χ0) is 11.7. The molecule has 2 nitrogen and oxygen atoms in total. The van der Waals surface area contributed by atoms with Gasteiger partial charge in [0.1, 0.15) is 5.75 Å². The molecule has 0 bridgehead atoms. The van der Waals surface area contributed by atoms with Gasteiger partial charge in [-0.1, -0.05) is 37.5 Å². The topological polar surface area (TPSA) is 21.3 Å². The summed E-state index contributed by atoms with van der Waals surface area (Å²) in [6.07, 6.45) is 6.58. The molecule has 1 unspecified atom stereocenters. The summed E-state index contributed by atoms with van der Waals surface area (Å²) >= 11 is 0. The van der Waals surface area contributed by atoms with Gasteiger partial charge in [0.25, 0.3) is 0 Å². The van der Waals surface area contributed by atoms with Gasteiger partial charge < -0.3 is 10.1 Å². The Kier molecular flexibility index (Phi) is 3.06. The second-order valence-electron chi connectivity index (χ2n) is 5.31. The molecule has 1 fully saturated rings. The first-order valence-corrected chi connectivity index (χ1v) is 6.80. The molecule has 0 amide bonds. The standard InChI is InChI=1S/C15H21NO/c1-16-14(10-11-4-2-5-11)13-7-3-6-12-8-9-17-15(12)13/h3,6-7,11,14,16H,2,4-5,8-10H2,1H3. The molecule has 92 valence electrons. The van der Waals surface area contributed by atoms with Crippen molar-refractivity contribution in [3.63, 3.8) is 0 Å². The zero-order valence-electron chi connectivity index (χ0n) is 10.5. The summed E-state index contributed by atoms with van der Waals surface area (Å²) in [6.45, 7) is 0.853.